The highest BCUT2D eigenvalue weighted by Crippen LogP contribution is 2.27. The van der Waals surface area contributed by atoms with Crippen molar-refractivity contribution in [1.29, 1.82) is 0 Å². The highest BCUT2D eigenvalue weighted by molar-refractivity contribution is 7.89. The van der Waals surface area contributed by atoms with Gasteiger partial charge in [0.05, 0.1) is 10.8 Å². The number of amides is 1. The summed E-state index contributed by atoms with van der Waals surface area (Å²) in [5.74, 6) is -0.902. The third-order valence-corrected chi connectivity index (χ3v) is 7.00. The molecule has 1 amide bonds. The van der Waals surface area contributed by atoms with Crippen molar-refractivity contribution < 1.29 is 22.7 Å². The Balaban J connectivity index is 1.60. The van der Waals surface area contributed by atoms with Gasteiger partial charge in [0, 0.05) is 18.8 Å². The SMILES string of the molecule is O=C(COC(=O)C1CCC1)Nc1cccc(S(=O)(=O)N2CCCCCC2)c1. The number of hydrogen-bond donors (Lipinski definition) is 1. The van der Waals surface area contributed by atoms with Crippen LogP contribution < -0.4 is 5.32 Å². The summed E-state index contributed by atoms with van der Waals surface area (Å²) < 4.78 is 32.2. The normalized spacial score (nSPS) is 19.0. The Bertz CT molecular complexity index is 781. The van der Waals surface area contributed by atoms with Gasteiger partial charge in [0.25, 0.3) is 5.91 Å². The molecule has 8 heteroatoms. The summed E-state index contributed by atoms with van der Waals surface area (Å²) in [5.41, 5.74) is 0.371. The highest BCUT2D eigenvalue weighted by atomic mass is 32.2. The lowest BCUT2D eigenvalue weighted by molar-refractivity contribution is -0.154. The maximum absolute atomic E-state index is 12.9. The van der Waals surface area contributed by atoms with E-state index in [9.17, 15) is 18.0 Å². The lowest BCUT2D eigenvalue weighted by Gasteiger charge is -2.22. The molecule has 3 rings (SSSR count). The van der Waals surface area contributed by atoms with Crippen LogP contribution in [0.25, 0.3) is 0 Å². The van der Waals surface area contributed by atoms with Crippen LogP contribution in [0.2, 0.25) is 0 Å². The fourth-order valence-corrected chi connectivity index (χ4v) is 4.82. The molecule has 1 aromatic carbocycles. The average Bonchev–Trinajstić information content (AvgIpc) is 2.89. The number of esters is 1. The van der Waals surface area contributed by atoms with Crippen LogP contribution in [0.1, 0.15) is 44.9 Å². The van der Waals surface area contributed by atoms with E-state index in [0.29, 0.717) is 18.8 Å². The van der Waals surface area contributed by atoms with Gasteiger partial charge in [-0.2, -0.15) is 4.31 Å². The quantitative estimate of drug-likeness (QED) is 0.749. The van der Waals surface area contributed by atoms with E-state index in [1.165, 1.54) is 16.4 Å². The summed E-state index contributed by atoms with van der Waals surface area (Å²) in [7, 11) is -3.58. The fourth-order valence-electron chi connectivity index (χ4n) is 3.26. The first-order valence-electron chi connectivity index (χ1n) is 9.53. The Morgan fingerprint density at radius 2 is 1.78 bits per heavy atom. The second kappa shape index (κ2) is 8.84. The first-order chi connectivity index (χ1) is 13.0. The molecule has 27 heavy (non-hydrogen) atoms. The summed E-state index contributed by atoms with van der Waals surface area (Å²) >= 11 is 0. The Labute approximate surface area is 160 Å². The van der Waals surface area contributed by atoms with Crippen molar-refractivity contribution in [3.63, 3.8) is 0 Å². The van der Waals surface area contributed by atoms with Gasteiger partial charge in [0.2, 0.25) is 10.0 Å². The Morgan fingerprint density at radius 3 is 2.41 bits per heavy atom. The van der Waals surface area contributed by atoms with Crippen LogP contribution in [0.4, 0.5) is 5.69 Å². The number of carbonyl (C=O) groups is 2. The van der Waals surface area contributed by atoms with Gasteiger partial charge in [0.1, 0.15) is 0 Å². The Kier molecular flexibility index (Phi) is 6.49. The van der Waals surface area contributed by atoms with Gasteiger partial charge in [-0.25, -0.2) is 8.42 Å². The first kappa shape index (κ1) is 19.8. The molecule has 7 nitrogen and oxygen atoms in total. The minimum atomic E-state index is -3.58. The standard InChI is InChI=1S/C19H26N2O5S/c22-18(14-26-19(23)15-7-5-8-15)20-16-9-6-10-17(13-16)27(24,25)21-11-3-1-2-4-12-21/h6,9-10,13,15H,1-5,7-8,11-12,14H2,(H,20,22). The number of rotatable bonds is 6. The van der Waals surface area contributed by atoms with Crippen molar-refractivity contribution in [2.75, 3.05) is 25.0 Å². The van der Waals surface area contributed by atoms with E-state index in [4.69, 9.17) is 4.74 Å². The van der Waals surface area contributed by atoms with Crippen LogP contribution in [0, 0.1) is 5.92 Å². The van der Waals surface area contributed by atoms with Crippen LogP contribution in [0.5, 0.6) is 0 Å². The Hall–Kier alpha value is -1.93. The molecule has 2 aliphatic rings. The zero-order valence-corrected chi connectivity index (χ0v) is 16.2. The van der Waals surface area contributed by atoms with Gasteiger partial charge in [-0.3, -0.25) is 9.59 Å². The molecule has 148 valence electrons. The van der Waals surface area contributed by atoms with Gasteiger partial charge in [-0.1, -0.05) is 25.3 Å². The number of hydrogen-bond acceptors (Lipinski definition) is 5. The van der Waals surface area contributed by atoms with Gasteiger partial charge in [-0.15, -0.1) is 0 Å². The molecule has 1 aromatic rings. The van der Waals surface area contributed by atoms with Gasteiger partial charge in [0.15, 0.2) is 6.61 Å². The molecule has 1 aliphatic carbocycles. The number of benzene rings is 1. The number of nitrogens with one attached hydrogen (secondary N) is 1. The molecule has 0 aromatic heterocycles. The molecule has 0 bridgehead atoms. The van der Waals surface area contributed by atoms with E-state index in [2.05, 4.69) is 5.32 Å². The van der Waals surface area contributed by atoms with Gasteiger partial charge < -0.3 is 10.1 Å². The molecule has 1 heterocycles. The monoisotopic (exact) mass is 394 g/mol. The zero-order valence-electron chi connectivity index (χ0n) is 15.4. The number of nitrogens with zero attached hydrogens (tertiary/aromatic N) is 1. The maximum atomic E-state index is 12.9. The molecule has 2 fully saturated rings. The van der Waals surface area contributed by atoms with Crippen molar-refractivity contribution in [2.24, 2.45) is 5.92 Å². The molecular formula is C19H26N2O5S. The van der Waals surface area contributed by atoms with E-state index >= 15 is 0 Å². The van der Waals surface area contributed by atoms with E-state index in [0.717, 1.165) is 44.9 Å². The van der Waals surface area contributed by atoms with Crippen molar-refractivity contribution in [2.45, 2.75) is 49.8 Å². The zero-order chi connectivity index (χ0) is 19.3. The van der Waals surface area contributed by atoms with Crippen LogP contribution >= 0.6 is 0 Å². The lowest BCUT2D eigenvalue weighted by Crippen LogP contribution is -2.32. The molecule has 0 spiro atoms. The summed E-state index contributed by atoms with van der Waals surface area (Å²) in [6.07, 6.45) is 6.46. The summed E-state index contributed by atoms with van der Waals surface area (Å²) in [6, 6.07) is 6.20. The smallest absolute Gasteiger partial charge is 0.309 e. The second-order valence-corrected chi connectivity index (χ2v) is 9.07. The van der Waals surface area contributed by atoms with E-state index in [1.54, 1.807) is 12.1 Å². The molecule has 0 unspecified atom stereocenters. The summed E-state index contributed by atoms with van der Waals surface area (Å²) in [4.78, 5) is 23.9. The predicted molar refractivity (Wildman–Crippen MR) is 101 cm³/mol. The maximum Gasteiger partial charge on any atom is 0.309 e. The number of sulfonamides is 1. The van der Waals surface area contributed by atoms with E-state index < -0.39 is 15.9 Å². The topological polar surface area (TPSA) is 92.8 Å². The third kappa shape index (κ3) is 5.07. The fraction of sp³-hybridized carbons (Fsp3) is 0.579. The molecule has 1 aliphatic heterocycles. The minimum absolute atomic E-state index is 0.0834. The molecule has 0 atom stereocenters. The molecule has 0 radical (unpaired) electrons. The van der Waals surface area contributed by atoms with Crippen LogP contribution in [0.3, 0.4) is 0 Å². The number of ether oxygens (including phenoxy) is 1. The Morgan fingerprint density at radius 1 is 1.07 bits per heavy atom. The van der Waals surface area contributed by atoms with Crippen molar-refractivity contribution in [3.8, 4) is 0 Å². The van der Waals surface area contributed by atoms with Crippen LogP contribution in [0.15, 0.2) is 29.2 Å². The lowest BCUT2D eigenvalue weighted by atomic mass is 9.86. The van der Waals surface area contributed by atoms with Gasteiger partial charge in [-0.05, 0) is 43.9 Å². The van der Waals surface area contributed by atoms with E-state index in [-0.39, 0.29) is 23.4 Å². The number of anilines is 1. The average molecular weight is 394 g/mol. The minimum Gasteiger partial charge on any atom is -0.455 e. The summed E-state index contributed by atoms with van der Waals surface area (Å²) in [6.45, 7) is 0.685. The second-order valence-electron chi connectivity index (χ2n) is 7.13. The number of carbonyl (C=O) groups excluding carboxylic acids is 2. The van der Waals surface area contributed by atoms with Crippen molar-refractivity contribution >= 4 is 27.6 Å². The predicted octanol–water partition coefficient (Wildman–Crippen LogP) is 2.53. The van der Waals surface area contributed by atoms with E-state index in [1.807, 2.05) is 0 Å². The van der Waals surface area contributed by atoms with Crippen LogP contribution in [-0.2, 0) is 24.3 Å². The molecule has 1 saturated carbocycles. The highest BCUT2D eigenvalue weighted by Gasteiger charge is 2.27. The molecule has 1 N–H and O–H groups in total. The molecular weight excluding hydrogens is 368 g/mol. The van der Waals surface area contributed by atoms with Crippen LogP contribution in [-0.4, -0.2) is 44.3 Å². The van der Waals surface area contributed by atoms with Crippen molar-refractivity contribution in [3.05, 3.63) is 24.3 Å². The van der Waals surface area contributed by atoms with Gasteiger partial charge >= 0.3 is 5.97 Å². The largest absolute Gasteiger partial charge is 0.455 e. The first-order valence-corrected chi connectivity index (χ1v) is 11.0. The summed E-state index contributed by atoms with van der Waals surface area (Å²) in [5, 5.41) is 2.60. The molecule has 1 saturated heterocycles. The van der Waals surface area contributed by atoms with Crippen molar-refractivity contribution in [1.82, 2.24) is 4.31 Å². The third-order valence-electron chi connectivity index (χ3n) is 5.10.